The molecule has 0 aliphatic carbocycles. The highest BCUT2D eigenvalue weighted by molar-refractivity contribution is 6.39. The SMILES string of the molecule is Cc1noc(CCCNC(=O)C(=O)Nc2cccc(F)c2F)n1. The fourth-order valence-corrected chi connectivity index (χ4v) is 1.74. The lowest BCUT2D eigenvalue weighted by Crippen LogP contribution is -2.36. The number of rotatable bonds is 5. The second-order valence-corrected chi connectivity index (χ2v) is 4.65. The lowest BCUT2D eigenvalue weighted by molar-refractivity contribution is -0.136. The van der Waals surface area contributed by atoms with Crippen LogP contribution in [0.25, 0.3) is 0 Å². The van der Waals surface area contributed by atoms with Gasteiger partial charge in [0, 0.05) is 13.0 Å². The standard InChI is InChI=1S/C14H14F2N4O3/c1-8-18-11(23-20-8)6-3-7-17-13(21)14(22)19-10-5-2-4-9(15)12(10)16/h2,4-5H,3,6-7H2,1H3,(H,17,21)(H,19,22). The van der Waals surface area contributed by atoms with Crippen molar-refractivity contribution >= 4 is 17.5 Å². The van der Waals surface area contributed by atoms with E-state index >= 15 is 0 Å². The van der Waals surface area contributed by atoms with Gasteiger partial charge in [-0.25, -0.2) is 8.78 Å². The normalized spacial score (nSPS) is 10.4. The first-order chi connectivity index (χ1) is 11.0. The number of anilines is 1. The minimum Gasteiger partial charge on any atom is -0.348 e. The van der Waals surface area contributed by atoms with E-state index in [2.05, 4.69) is 15.5 Å². The molecule has 122 valence electrons. The van der Waals surface area contributed by atoms with E-state index in [9.17, 15) is 18.4 Å². The summed E-state index contributed by atoms with van der Waals surface area (Å²) in [6, 6.07) is 3.28. The van der Waals surface area contributed by atoms with Crippen molar-refractivity contribution in [1.29, 1.82) is 0 Å². The van der Waals surface area contributed by atoms with Gasteiger partial charge < -0.3 is 15.2 Å². The van der Waals surface area contributed by atoms with Gasteiger partial charge in [-0.3, -0.25) is 9.59 Å². The number of benzene rings is 1. The summed E-state index contributed by atoms with van der Waals surface area (Å²) in [5.41, 5.74) is -0.397. The Labute approximate surface area is 130 Å². The van der Waals surface area contributed by atoms with Gasteiger partial charge in [-0.05, 0) is 25.5 Å². The van der Waals surface area contributed by atoms with E-state index in [-0.39, 0.29) is 6.54 Å². The van der Waals surface area contributed by atoms with Crippen LogP contribution in [0.2, 0.25) is 0 Å². The van der Waals surface area contributed by atoms with Crippen molar-refractivity contribution in [2.24, 2.45) is 0 Å². The molecule has 0 radical (unpaired) electrons. The number of nitrogens with zero attached hydrogens (tertiary/aromatic N) is 2. The maximum absolute atomic E-state index is 13.4. The molecule has 0 unspecified atom stereocenters. The van der Waals surface area contributed by atoms with E-state index in [4.69, 9.17) is 4.52 Å². The molecule has 2 aromatic rings. The zero-order chi connectivity index (χ0) is 16.8. The highest BCUT2D eigenvalue weighted by Crippen LogP contribution is 2.16. The van der Waals surface area contributed by atoms with Crippen molar-refractivity contribution in [3.05, 3.63) is 41.5 Å². The number of amides is 2. The molecule has 2 amide bonds. The fraction of sp³-hybridized carbons (Fsp3) is 0.286. The van der Waals surface area contributed by atoms with Gasteiger partial charge in [0.1, 0.15) is 0 Å². The maximum Gasteiger partial charge on any atom is 0.313 e. The fourth-order valence-electron chi connectivity index (χ4n) is 1.74. The number of nitrogens with one attached hydrogen (secondary N) is 2. The van der Waals surface area contributed by atoms with E-state index in [1.807, 2.05) is 5.32 Å². The molecule has 1 heterocycles. The molecule has 0 saturated carbocycles. The first kappa shape index (κ1) is 16.5. The molecule has 1 aromatic heterocycles. The molecular formula is C14H14F2N4O3. The van der Waals surface area contributed by atoms with Crippen LogP contribution in [0, 0.1) is 18.6 Å². The van der Waals surface area contributed by atoms with E-state index in [0.29, 0.717) is 24.6 Å². The third-order valence-corrected chi connectivity index (χ3v) is 2.83. The summed E-state index contributed by atoms with van der Waals surface area (Å²) in [5.74, 6) is -3.42. The quantitative estimate of drug-likeness (QED) is 0.639. The molecule has 7 nitrogen and oxygen atoms in total. The summed E-state index contributed by atoms with van der Waals surface area (Å²) >= 11 is 0. The van der Waals surface area contributed by atoms with Crippen LogP contribution in [-0.4, -0.2) is 28.5 Å². The smallest absolute Gasteiger partial charge is 0.313 e. The van der Waals surface area contributed by atoms with Crippen molar-refractivity contribution < 1.29 is 22.9 Å². The van der Waals surface area contributed by atoms with Gasteiger partial charge in [-0.1, -0.05) is 11.2 Å². The Morgan fingerprint density at radius 3 is 2.74 bits per heavy atom. The number of halogens is 2. The number of carbonyl (C=O) groups is 2. The summed E-state index contributed by atoms with van der Waals surface area (Å²) in [6.45, 7) is 1.88. The average molecular weight is 324 g/mol. The molecule has 0 spiro atoms. The topological polar surface area (TPSA) is 97.1 Å². The van der Waals surface area contributed by atoms with Crippen molar-refractivity contribution in [1.82, 2.24) is 15.5 Å². The molecule has 2 N–H and O–H groups in total. The van der Waals surface area contributed by atoms with Crippen molar-refractivity contribution in [2.45, 2.75) is 19.8 Å². The first-order valence-corrected chi connectivity index (χ1v) is 6.79. The molecule has 0 aliphatic rings. The zero-order valence-electron chi connectivity index (χ0n) is 12.2. The van der Waals surface area contributed by atoms with Gasteiger partial charge in [0.05, 0.1) is 5.69 Å². The minimum absolute atomic E-state index is 0.194. The highest BCUT2D eigenvalue weighted by Gasteiger charge is 2.16. The highest BCUT2D eigenvalue weighted by atomic mass is 19.2. The van der Waals surface area contributed by atoms with E-state index in [1.165, 1.54) is 6.07 Å². The summed E-state index contributed by atoms with van der Waals surface area (Å²) in [4.78, 5) is 27.1. The average Bonchev–Trinajstić information content (AvgIpc) is 2.93. The van der Waals surface area contributed by atoms with Crippen molar-refractivity contribution in [3.8, 4) is 0 Å². The van der Waals surface area contributed by atoms with Crippen LogP contribution in [0.5, 0.6) is 0 Å². The largest absolute Gasteiger partial charge is 0.348 e. The van der Waals surface area contributed by atoms with Gasteiger partial charge in [0.15, 0.2) is 17.5 Å². The molecule has 0 fully saturated rings. The third kappa shape index (κ3) is 4.56. The first-order valence-electron chi connectivity index (χ1n) is 6.79. The Kier molecular flexibility index (Phi) is 5.34. The second-order valence-electron chi connectivity index (χ2n) is 4.65. The predicted octanol–water partition coefficient (Wildman–Crippen LogP) is 1.34. The van der Waals surface area contributed by atoms with Gasteiger partial charge in [-0.15, -0.1) is 0 Å². The van der Waals surface area contributed by atoms with Crippen LogP contribution in [0.15, 0.2) is 22.7 Å². The van der Waals surface area contributed by atoms with Crippen LogP contribution < -0.4 is 10.6 Å². The minimum atomic E-state index is -1.22. The van der Waals surface area contributed by atoms with Crippen molar-refractivity contribution in [2.75, 3.05) is 11.9 Å². The Balaban J connectivity index is 1.76. The monoisotopic (exact) mass is 324 g/mol. The van der Waals surface area contributed by atoms with E-state index in [0.717, 1.165) is 12.1 Å². The molecule has 9 heteroatoms. The van der Waals surface area contributed by atoms with Crippen LogP contribution in [0.3, 0.4) is 0 Å². The van der Waals surface area contributed by atoms with Crippen LogP contribution >= 0.6 is 0 Å². The number of aromatic nitrogens is 2. The molecule has 1 aromatic carbocycles. The Hall–Kier alpha value is -2.84. The second kappa shape index (κ2) is 7.43. The third-order valence-electron chi connectivity index (χ3n) is 2.83. The maximum atomic E-state index is 13.4. The number of aryl methyl sites for hydroxylation is 2. The van der Waals surface area contributed by atoms with Gasteiger partial charge in [-0.2, -0.15) is 4.98 Å². The van der Waals surface area contributed by atoms with Crippen LogP contribution in [0.1, 0.15) is 18.1 Å². The van der Waals surface area contributed by atoms with Crippen LogP contribution in [-0.2, 0) is 16.0 Å². The summed E-state index contributed by atoms with van der Waals surface area (Å²) < 4.78 is 31.3. The number of hydrogen-bond donors (Lipinski definition) is 2. The summed E-state index contributed by atoms with van der Waals surface area (Å²) in [5, 5.41) is 7.98. The lowest BCUT2D eigenvalue weighted by atomic mass is 10.3. The van der Waals surface area contributed by atoms with Crippen molar-refractivity contribution in [3.63, 3.8) is 0 Å². The number of hydrogen-bond acceptors (Lipinski definition) is 5. The Morgan fingerprint density at radius 2 is 2.04 bits per heavy atom. The Morgan fingerprint density at radius 1 is 1.26 bits per heavy atom. The molecule has 0 bridgehead atoms. The van der Waals surface area contributed by atoms with E-state index in [1.54, 1.807) is 6.92 Å². The lowest BCUT2D eigenvalue weighted by Gasteiger charge is -2.07. The van der Waals surface area contributed by atoms with Gasteiger partial charge in [0.2, 0.25) is 5.89 Å². The van der Waals surface area contributed by atoms with Gasteiger partial charge in [0.25, 0.3) is 0 Å². The van der Waals surface area contributed by atoms with Crippen LogP contribution in [0.4, 0.5) is 14.5 Å². The van der Waals surface area contributed by atoms with Gasteiger partial charge >= 0.3 is 11.8 Å². The number of carbonyl (C=O) groups excluding carboxylic acids is 2. The Bertz CT molecular complexity index is 718. The molecule has 0 atom stereocenters. The summed E-state index contributed by atoms with van der Waals surface area (Å²) in [6.07, 6.45) is 0.927. The summed E-state index contributed by atoms with van der Waals surface area (Å²) in [7, 11) is 0. The molecule has 2 rings (SSSR count). The molecule has 23 heavy (non-hydrogen) atoms. The predicted molar refractivity (Wildman–Crippen MR) is 75.4 cm³/mol. The van der Waals surface area contributed by atoms with E-state index < -0.39 is 29.1 Å². The molecule has 0 saturated heterocycles. The zero-order valence-corrected chi connectivity index (χ0v) is 12.2. The molecular weight excluding hydrogens is 310 g/mol. The molecule has 0 aliphatic heterocycles.